The molecule has 0 aliphatic carbocycles. The molecule has 0 spiro atoms. The lowest BCUT2D eigenvalue weighted by atomic mass is 9.98. The fraction of sp³-hybridized carbons (Fsp3) is 0.854. The van der Waals surface area contributed by atoms with Crippen LogP contribution in [-0.4, -0.2) is 142 Å². The molecule has 56 heavy (non-hydrogen) atoms. The predicted octanol–water partition coefficient (Wildman–Crippen LogP) is 3.26. The number of carbonyl (C=O) groups is 2. The smallest absolute Gasteiger partial charge is 0.306 e. The van der Waals surface area contributed by atoms with Crippen LogP contribution in [-0.2, 0) is 38.0 Å². The van der Waals surface area contributed by atoms with Crippen molar-refractivity contribution in [1.29, 1.82) is 0 Å². The number of carbonyl (C=O) groups excluding carboxylic acids is 2. The normalized spacial score (nSPS) is 28.9. The van der Waals surface area contributed by atoms with Gasteiger partial charge in [0, 0.05) is 12.8 Å². The maximum atomic E-state index is 12.8. The summed E-state index contributed by atoms with van der Waals surface area (Å²) in [6.07, 6.45) is 8.30. The summed E-state index contributed by atoms with van der Waals surface area (Å²) >= 11 is 0. The second-order valence-corrected chi connectivity index (χ2v) is 14.8. The van der Waals surface area contributed by atoms with E-state index in [0.717, 1.165) is 77.0 Å². The summed E-state index contributed by atoms with van der Waals surface area (Å²) in [5.74, 6) is -0.951. The Morgan fingerprint density at radius 1 is 0.571 bits per heavy atom. The first-order chi connectivity index (χ1) is 27.0. The fourth-order valence-electron chi connectivity index (χ4n) is 6.37. The largest absolute Gasteiger partial charge is 0.462 e. The molecule has 0 radical (unpaired) electrons. The van der Waals surface area contributed by atoms with Crippen molar-refractivity contribution in [2.75, 3.05) is 26.4 Å². The monoisotopic (exact) mass is 804 g/mol. The summed E-state index contributed by atoms with van der Waals surface area (Å²) in [5.41, 5.74) is 0. The quantitative estimate of drug-likeness (QED) is 0.0314. The first-order valence-electron chi connectivity index (χ1n) is 20.9. The highest BCUT2D eigenvalue weighted by atomic mass is 16.7. The SMILES string of the molecule is CCC/C=C\C/C=C\CCCCCCCC(=O)OC(COC(=O)CCCCCCCCC)COC1OC(COC2OC(CO)C(O)C(O)C2O)C(O)C(O)C1O. The minimum atomic E-state index is -1.76. The molecule has 15 heteroatoms. The number of aliphatic hydroxyl groups is 7. The van der Waals surface area contributed by atoms with Crippen LogP contribution < -0.4 is 0 Å². The predicted molar refractivity (Wildman–Crippen MR) is 206 cm³/mol. The van der Waals surface area contributed by atoms with Gasteiger partial charge in [-0.05, 0) is 38.5 Å². The molecule has 2 aliphatic rings. The summed E-state index contributed by atoms with van der Waals surface area (Å²) in [4.78, 5) is 25.4. The Morgan fingerprint density at radius 3 is 1.73 bits per heavy atom. The molecule has 0 aromatic rings. The highest BCUT2D eigenvalue weighted by Gasteiger charge is 2.47. The maximum Gasteiger partial charge on any atom is 0.306 e. The van der Waals surface area contributed by atoms with E-state index in [-0.39, 0.29) is 26.1 Å². The van der Waals surface area contributed by atoms with Gasteiger partial charge in [0.2, 0.25) is 0 Å². The third-order valence-electron chi connectivity index (χ3n) is 9.91. The van der Waals surface area contributed by atoms with Crippen molar-refractivity contribution in [1.82, 2.24) is 0 Å². The zero-order valence-corrected chi connectivity index (χ0v) is 33.6. The van der Waals surface area contributed by atoms with Gasteiger partial charge < -0.3 is 64.2 Å². The highest BCUT2D eigenvalue weighted by Crippen LogP contribution is 2.26. The molecule has 0 amide bonds. The molecule has 2 saturated heterocycles. The zero-order chi connectivity index (χ0) is 41.1. The molecule has 2 heterocycles. The first-order valence-corrected chi connectivity index (χ1v) is 20.9. The molecule has 0 saturated carbocycles. The molecular weight excluding hydrogens is 732 g/mol. The summed E-state index contributed by atoms with van der Waals surface area (Å²) < 4.78 is 33.3. The van der Waals surface area contributed by atoms with Crippen molar-refractivity contribution < 1.29 is 73.8 Å². The Bertz CT molecular complexity index is 1090. The van der Waals surface area contributed by atoms with Gasteiger partial charge in [-0.2, -0.15) is 0 Å². The van der Waals surface area contributed by atoms with Gasteiger partial charge in [0.15, 0.2) is 18.7 Å². The zero-order valence-electron chi connectivity index (χ0n) is 33.6. The van der Waals surface area contributed by atoms with E-state index < -0.39 is 92.7 Å². The van der Waals surface area contributed by atoms with E-state index in [2.05, 4.69) is 38.2 Å². The molecule has 0 bridgehead atoms. The van der Waals surface area contributed by atoms with Gasteiger partial charge >= 0.3 is 11.9 Å². The van der Waals surface area contributed by atoms with Crippen molar-refractivity contribution >= 4 is 11.9 Å². The summed E-state index contributed by atoms with van der Waals surface area (Å²) in [7, 11) is 0. The summed E-state index contributed by atoms with van der Waals surface area (Å²) in [6.45, 7) is 2.42. The van der Waals surface area contributed by atoms with Gasteiger partial charge in [-0.1, -0.05) is 102 Å². The van der Waals surface area contributed by atoms with Gasteiger partial charge in [-0.15, -0.1) is 0 Å². The van der Waals surface area contributed by atoms with Crippen LogP contribution in [0.1, 0.15) is 129 Å². The molecule has 2 rings (SSSR count). The van der Waals surface area contributed by atoms with Crippen molar-refractivity contribution in [3.05, 3.63) is 24.3 Å². The molecule has 0 aromatic heterocycles. The summed E-state index contributed by atoms with van der Waals surface area (Å²) in [6, 6.07) is 0. The van der Waals surface area contributed by atoms with Gasteiger partial charge in [0.05, 0.1) is 19.8 Å². The van der Waals surface area contributed by atoms with Crippen LogP contribution in [0.5, 0.6) is 0 Å². The molecule has 7 N–H and O–H groups in total. The standard InChI is InChI=1S/C41H72O15/c1-3-5-7-9-11-12-13-14-15-16-18-20-22-24-33(44)54-29(26-51-32(43)23-21-19-17-10-8-6-4-2)27-52-40-39(50)37(48)35(46)31(56-40)28-53-41-38(49)36(47)34(45)30(25-42)55-41/h7,9,12-13,29-31,34-42,45-50H,3-6,8,10-11,14-28H2,1-2H3/b9-7-,13-12-. The Labute approximate surface area is 333 Å². The van der Waals surface area contributed by atoms with Crippen LogP contribution in [0.3, 0.4) is 0 Å². The molecule has 2 fully saturated rings. The lowest BCUT2D eigenvalue weighted by Crippen LogP contribution is -2.61. The lowest BCUT2D eigenvalue weighted by molar-refractivity contribution is -0.332. The lowest BCUT2D eigenvalue weighted by Gasteiger charge is -2.42. The Hall–Kier alpha value is -2.02. The van der Waals surface area contributed by atoms with Crippen molar-refractivity contribution in [3.8, 4) is 0 Å². The molecule has 326 valence electrons. The van der Waals surface area contributed by atoms with Gasteiger partial charge in [0.1, 0.15) is 55.4 Å². The third kappa shape index (κ3) is 19.6. The number of unbranched alkanes of at least 4 members (excludes halogenated alkanes) is 12. The topological polar surface area (TPSA) is 231 Å². The van der Waals surface area contributed by atoms with Crippen LogP contribution in [0.2, 0.25) is 0 Å². The molecule has 15 nitrogen and oxygen atoms in total. The minimum absolute atomic E-state index is 0.150. The maximum absolute atomic E-state index is 12.8. The van der Waals surface area contributed by atoms with Crippen molar-refractivity contribution in [3.63, 3.8) is 0 Å². The summed E-state index contributed by atoms with van der Waals surface area (Å²) in [5, 5.41) is 71.6. The first kappa shape index (κ1) is 50.1. The number of esters is 2. The molecule has 0 aromatic carbocycles. The number of hydrogen-bond donors (Lipinski definition) is 7. The van der Waals surface area contributed by atoms with Crippen LogP contribution >= 0.6 is 0 Å². The Balaban J connectivity index is 1.89. The number of ether oxygens (including phenoxy) is 6. The molecule has 2 aliphatic heterocycles. The van der Waals surface area contributed by atoms with Crippen molar-refractivity contribution in [2.45, 2.75) is 197 Å². The third-order valence-corrected chi connectivity index (χ3v) is 9.91. The fourth-order valence-corrected chi connectivity index (χ4v) is 6.37. The Kier molecular flexibility index (Phi) is 26.9. The Morgan fingerprint density at radius 2 is 1.11 bits per heavy atom. The van der Waals surface area contributed by atoms with Crippen LogP contribution in [0.15, 0.2) is 24.3 Å². The van der Waals surface area contributed by atoms with Crippen LogP contribution in [0.25, 0.3) is 0 Å². The van der Waals surface area contributed by atoms with Crippen molar-refractivity contribution in [2.24, 2.45) is 0 Å². The van der Waals surface area contributed by atoms with Gasteiger partial charge in [-0.3, -0.25) is 9.59 Å². The number of hydrogen-bond acceptors (Lipinski definition) is 15. The second-order valence-electron chi connectivity index (χ2n) is 14.8. The number of rotatable bonds is 30. The van der Waals surface area contributed by atoms with E-state index in [1.165, 1.54) is 12.8 Å². The van der Waals surface area contributed by atoms with Gasteiger partial charge in [0.25, 0.3) is 0 Å². The average Bonchev–Trinajstić information content (AvgIpc) is 3.19. The van der Waals surface area contributed by atoms with E-state index >= 15 is 0 Å². The van der Waals surface area contributed by atoms with E-state index in [9.17, 15) is 45.3 Å². The van der Waals surface area contributed by atoms with Crippen LogP contribution in [0.4, 0.5) is 0 Å². The van der Waals surface area contributed by atoms with Gasteiger partial charge in [-0.25, -0.2) is 0 Å². The number of allylic oxidation sites excluding steroid dienone is 4. The average molecular weight is 805 g/mol. The molecular formula is C41H72O15. The second kappa shape index (κ2) is 30.1. The minimum Gasteiger partial charge on any atom is -0.462 e. The van der Waals surface area contributed by atoms with E-state index in [1.807, 2.05) is 0 Å². The van der Waals surface area contributed by atoms with E-state index in [1.54, 1.807) is 0 Å². The molecule has 11 unspecified atom stereocenters. The van der Waals surface area contributed by atoms with E-state index in [0.29, 0.717) is 12.8 Å². The molecule has 11 atom stereocenters. The van der Waals surface area contributed by atoms with Crippen LogP contribution in [0, 0.1) is 0 Å². The highest BCUT2D eigenvalue weighted by molar-refractivity contribution is 5.70. The van der Waals surface area contributed by atoms with E-state index in [4.69, 9.17) is 28.4 Å². The number of aliphatic hydroxyl groups excluding tert-OH is 7.